The lowest BCUT2D eigenvalue weighted by Crippen LogP contribution is -2.38. The number of aliphatic hydroxyl groups excluding tert-OH is 1. The van der Waals surface area contributed by atoms with Gasteiger partial charge in [0.2, 0.25) is 0 Å². The Hall–Kier alpha value is -3.07. The number of aliphatic carboxylic acids is 1. The number of hydrogen-bond acceptors (Lipinski definition) is 6. The normalized spacial score (nSPS) is 13.6. The van der Waals surface area contributed by atoms with Crippen molar-refractivity contribution in [3.8, 4) is 5.75 Å². The van der Waals surface area contributed by atoms with Gasteiger partial charge in [-0.2, -0.15) is 0 Å². The minimum Gasteiger partial charge on any atom is -0.506 e. The summed E-state index contributed by atoms with van der Waals surface area (Å²) in [7, 11) is 0. The Balaban J connectivity index is 2.13. The van der Waals surface area contributed by atoms with E-state index >= 15 is 0 Å². The molecule has 9 nitrogen and oxygen atoms in total. The third-order valence-electron chi connectivity index (χ3n) is 4.12. The molecule has 0 saturated heterocycles. The number of carboxylic acids is 1. The first-order valence-electron chi connectivity index (χ1n) is 8.07. The zero-order valence-corrected chi connectivity index (χ0v) is 13.8. The standard InChI is InChI=1S/C17H18N2O7/c20-7-10-3-4-12-11(5-10)15(23)14(16(24)18-6-13(21)22)17(25)19(12)26-8-9-1-2-9/h3-5,9,20,23H,1-2,6-8H2,(H,18,24)(H,21,22). The topological polar surface area (TPSA) is 138 Å². The summed E-state index contributed by atoms with van der Waals surface area (Å²) in [6.45, 7) is -0.703. The molecule has 3 rings (SSSR count). The van der Waals surface area contributed by atoms with Crippen molar-refractivity contribution in [1.29, 1.82) is 0 Å². The van der Waals surface area contributed by atoms with Gasteiger partial charge in [-0.05, 0) is 36.5 Å². The van der Waals surface area contributed by atoms with Crippen molar-refractivity contribution in [2.45, 2.75) is 19.4 Å². The number of pyridine rings is 1. The second kappa shape index (κ2) is 7.04. The summed E-state index contributed by atoms with van der Waals surface area (Å²) in [5.41, 5.74) is -0.767. The molecule has 1 aliphatic carbocycles. The molecule has 0 atom stereocenters. The molecule has 0 aliphatic heterocycles. The Morgan fingerprint density at radius 2 is 2.04 bits per heavy atom. The van der Waals surface area contributed by atoms with Crippen LogP contribution in [0.15, 0.2) is 23.0 Å². The summed E-state index contributed by atoms with van der Waals surface area (Å²) in [6.07, 6.45) is 1.98. The monoisotopic (exact) mass is 362 g/mol. The summed E-state index contributed by atoms with van der Waals surface area (Å²) in [6, 6.07) is 4.52. The summed E-state index contributed by atoms with van der Waals surface area (Å²) < 4.78 is 0.935. The van der Waals surface area contributed by atoms with Gasteiger partial charge in [-0.15, -0.1) is 4.73 Å². The smallest absolute Gasteiger partial charge is 0.322 e. The number of amides is 1. The summed E-state index contributed by atoms with van der Waals surface area (Å²) in [4.78, 5) is 41.1. The number of carbonyl (C=O) groups excluding carboxylic acids is 1. The summed E-state index contributed by atoms with van der Waals surface area (Å²) in [5, 5.41) is 30.6. The lowest BCUT2D eigenvalue weighted by Gasteiger charge is -2.15. The highest BCUT2D eigenvalue weighted by Crippen LogP contribution is 2.30. The minimum absolute atomic E-state index is 0.146. The van der Waals surface area contributed by atoms with Gasteiger partial charge in [0.25, 0.3) is 11.5 Å². The second-order valence-electron chi connectivity index (χ2n) is 6.15. The fourth-order valence-electron chi connectivity index (χ4n) is 2.54. The Morgan fingerprint density at radius 3 is 2.65 bits per heavy atom. The van der Waals surface area contributed by atoms with Crippen molar-refractivity contribution in [2.75, 3.05) is 13.2 Å². The SMILES string of the molecule is O=C(O)CNC(=O)c1c(O)c2cc(CO)ccc2n(OCC2CC2)c1=O. The average Bonchev–Trinajstić information content (AvgIpc) is 3.44. The van der Waals surface area contributed by atoms with E-state index in [2.05, 4.69) is 5.32 Å². The molecule has 1 fully saturated rings. The third-order valence-corrected chi connectivity index (χ3v) is 4.12. The van der Waals surface area contributed by atoms with Gasteiger partial charge in [0, 0.05) is 5.39 Å². The maximum Gasteiger partial charge on any atom is 0.322 e. The molecule has 1 heterocycles. The molecule has 0 bridgehead atoms. The quantitative estimate of drug-likeness (QED) is 0.537. The van der Waals surface area contributed by atoms with Gasteiger partial charge in [-0.25, -0.2) is 0 Å². The first-order valence-corrected chi connectivity index (χ1v) is 8.07. The van der Waals surface area contributed by atoms with Crippen LogP contribution in [0.1, 0.15) is 28.8 Å². The van der Waals surface area contributed by atoms with Crippen molar-refractivity contribution < 1.29 is 29.7 Å². The minimum atomic E-state index is -1.29. The van der Waals surface area contributed by atoms with Crippen molar-refractivity contribution in [3.05, 3.63) is 39.7 Å². The van der Waals surface area contributed by atoms with Crippen LogP contribution >= 0.6 is 0 Å². The van der Waals surface area contributed by atoms with Crippen LogP contribution in [0.3, 0.4) is 0 Å². The molecule has 26 heavy (non-hydrogen) atoms. The number of aromatic hydroxyl groups is 1. The number of rotatable bonds is 7. The number of fused-ring (bicyclic) bond motifs is 1. The van der Waals surface area contributed by atoms with Crippen LogP contribution < -0.4 is 15.7 Å². The Kier molecular flexibility index (Phi) is 4.81. The molecule has 0 unspecified atom stereocenters. The van der Waals surface area contributed by atoms with Gasteiger partial charge in [0.05, 0.1) is 12.1 Å². The highest BCUT2D eigenvalue weighted by Gasteiger charge is 2.26. The molecule has 1 aliphatic rings. The highest BCUT2D eigenvalue weighted by atomic mass is 16.7. The molecule has 1 aromatic heterocycles. The largest absolute Gasteiger partial charge is 0.506 e. The van der Waals surface area contributed by atoms with Crippen LogP contribution in [0.4, 0.5) is 0 Å². The van der Waals surface area contributed by atoms with Gasteiger partial charge >= 0.3 is 5.97 Å². The van der Waals surface area contributed by atoms with Crippen molar-refractivity contribution in [1.82, 2.24) is 10.0 Å². The van der Waals surface area contributed by atoms with E-state index in [-0.39, 0.29) is 24.1 Å². The fourth-order valence-corrected chi connectivity index (χ4v) is 2.54. The van der Waals surface area contributed by atoms with E-state index in [9.17, 15) is 24.6 Å². The van der Waals surface area contributed by atoms with E-state index in [4.69, 9.17) is 9.94 Å². The number of nitrogens with zero attached hydrogens (tertiary/aromatic N) is 1. The maximum absolute atomic E-state index is 12.7. The van der Waals surface area contributed by atoms with Gasteiger partial charge in [-0.1, -0.05) is 6.07 Å². The maximum atomic E-state index is 12.7. The number of aliphatic hydroxyl groups is 1. The van der Waals surface area contributed by atoms with Crippen LogP contribution in [0, 0.1) is 5.92 Å². The fraction of sp³-hybridized carbons (Fsp3) is 0.353. The summed E-state index contributed by atoms with van der Waals surface area (Å²) in [5.74, 6) is -2.55. The predicted molar refractivity (Wildman–Crippen MR) is 89.9 cm³/mol. The van der Waals surface area contributed by atoms with E-state index in [1.54, 1.807) is 6.07 Å². The van der Waals surface area contributed by atoms with Crippen LogP contribution in [-0.2, 0) is 11.4 Å². The molecule has 1 saturated carbocycles. The molecule has 2 aromatic rings. The number of benzene rings is 1. The van der Waals surface area contributed by atoms with Crippen molar-refractivity contribution >= 4 is 22.8 Å². The zero-order valence-electron chi connectivity index (χ0n) is 13.8. The van der Waals surface area contributed by atoms with E-state index in [1.165, 1.54) is 12.1 Å². The molecule has 9 heteroatoms. The van der Waals surface area contributed by atoms with Gasteiger partial charge in [0.15, 0.2) is 5.56 Å². The van der Waals surface area contributed by atoms with Gasteiger partial charge in [0.1, 0.15) is 18.9 Å². The summed E-state index contributed by atoms with van der Waals surface area (Å²) >= 11 is 0. The molecule has 4 N–H and O–H groups in total. The number of nitrogens with one attached hydrogen (secondary N) is 1. The average molecular weight is 362 g/mol. The lowest BCUT2D eigenvalue weighted by atomic mass is 10.1. The van der Waals surface area contributed by atoms with E-state index in [0.29, 0.717) is 11.5 Å². The van der Waals surface area contributed by atoms with Gasteiger partial charge < -0.3 is 25.5 Å². The molecule has 1 amide bonds. The molecular weight excluding hydrogens is 344 g/mol. The first kappa shape index (κ1) is 17.7. The molecular formula is C17H18N2O7. The van der Waals surface area contributed by atoms with E-state index in [0.717, 1.165) is 17.6 Å². The number of carbonyl (C=O) groups is 2. The van der Waals surface area contributed by atoms with Crippen molar-refractivity contribution in [2.24, 2.45) is 5.92 Å². The van der Waals surface area contributed by atoms with Crippen LogP contribution in [0.5, 0.6) is 5.75 Å². The number of aromatic nitrogens is 1. The van der Waals surface area contributed by atoms with Crippen LogP contribution in [0.2, 0.25) is 0 Å². The first-order chi connectivity index (χ1) is 12.4. The molecule has 0 spiro atoms. The van der Waals surface area contributed by atoms with E-state index < -0.39 is 35.3 Å². The Morgan fingerprint density at radius 1 is 1.31 bits per heavy atom. The zero-order chi connectivity index (χ0) is 18.8. The van der Waals surface area contributed by atoms with Gasteiger partial charge in [-0.3, -0.25) is 14.4 Å². The highest BCUT2D eigenvalue weighted by molar-refractivity contribution is 6.03. The van der Waals surface area contributed by atoms with Crippen LogP contribution in [-0.4, -0.2) is 45.1 Å². The number of carboxylic acid groups (broad SMARTS) is 1. The Bertz CT molecular complexity index is 931. The lowest BCUT2D eigenvalue weighted by molar-refractivity contribution is -0.135. The third kappa shape index (κ3) is 3.47. The van der Waals surface area contributed by atoms with Crippen LogP contribution in [0.25, 0.3) is 10.9 Å². The molecule has 0 radical (unpaired) electrons. The molecule has 138 valence electrons. The second-order valence-corrected chi connectivity index (χ2v) is 6.15. The predicted octanol–water partition coefficient (Wildman–Crippen LogP) is -0.148. The molecule has 1 aromatic carbocycles. The van der Waals surface area contributed by atoms with E-state index in [1.807, 2.05) is 0 Å². The number of hydrogen-bond donors (Lipinski definition) is 4. The Labute approximate surface area is 147 Å². The van der Waals surface area contributed by atoms with Crippen molar-refractivity contribution in [3.63, 3.8) is 0 Å².